The van der Waals surface area contributed by atoms with Crippen LogP contribution in [0.5, 0.6) is 0 Å². The van der Waals surface area contributed by atoms with Gasteiger partial charge in [0, 0.05) is 16.7 Å². The highest BCUT2D eigenvalue weighted by atomic mass is 16.3. The highest BCUT2D eigenvalue weighted by molar-refractivity contribution is 6.12. The molecule has 1 aliphatic carbocycles. The normalized spacial score (nSPS) is 19.2. The molecule has 1 aliphatic rings. The fourth-order valence-corrected chi connectivity index (χ4v) is 1.17. The first-order chi connectivity index (χ1) is 5.46. The molecule has 1 rings (SSSR count). The molecular formula is C10H12O2. The number of carbonyl (C=O) groups excluding carboxylic acids is 1. The van der Waals surface area contributed by atoms with E-state index in [0.29, 0.717) is 22.3 Å². The number of aliphatic hydroxyl groups excluding tert-OH is 1. The highest BCUT2D eigenvalue weighted by Gasteiger charge is 2.22. The van der Waals surface area contributed by atoms with Gasteiger partial charge >= 0.3 is 0 Å². The number of hydrogen-bond donors (Lipinski definition) is 1. The number of allylic oxidation sites excluding steroid dienone is 4. The second kappa shape index (κ2) is 2.63. The van der Waals surface area contributed by atoms with E-state index < -0.39 is 0 Å². The van der Waals surface area contributed by atoms with Crippen molar-refractivity contribution in [2.24, 2.45) is 0 Å². The van der Waals surface area contributed by atoms with Gasteiger partial charge in [-0.3, -0.25) is 4.79 Å². The molecule has 0 heterocycles. The van der Waals surface area contributed by atoms with E-state index in [1.54, 1.807) is 20.8 Å². The Labute approximate surface area is 71.9 Å². The minimum Gasteiger partial charge on any atom is -0.507 e. The highest BCUT2D eigenvalue weighted by Crippen LogP contribution is 2.28. The van der Waals surface area contributed by atoms with E-state index in [0.717, 1.165) is 0 Å². The van der Waals surface area contributed by atoms with E-state index in [-0.39, 0.29) is 11.5 Å². The fourth-order valence-electron chi connectivity index (χ4n) is 1.17. The molecule has 0 aliphatic heterocycles. The zero-order chi connectivity index (χ0) is 9.46. The van der Waals surface area contributed by atoms with Crippen molar-refractivity contribution in [2.45, 2.75) is 20.8 Å². The number of Topliss-reactive ketones (excluding diaryl/α,β-unsaturated/α-hetero) is 1. The third-order valence-electron chi connectivity index (χ3n) is 2.34. The Hall–Kier alpha value is -1.31. The second-order valence-corrected chi connectivity index (χ2v) is 3.03. The quantitative estimate of drug-likeness (QED) is 0.558. The van der Waals surface area contributed by atoms with Crippen LogP contribution in [0.3, 0.4) is 0 Å². The molecule has 2 heteroatoms. The Morgan fingerprint density at radius 3 is 2.08 bits per heavy atom. The summed E-state index contributed by atoms with van der Waals surface area (Å²) in [4.78, 5) is 11.4. The van der Waals surface area contributed by atoms with E-state index in [1.165, 1.54) is 0 Å². The molecular weight excluding hydrogens is 152 g/mol. The summed E-state index contributed by atoms with van der Waals surface area (Å²) in [5.41, 5.74) is 2.23. The number of carbonyl (C=O) groups is 1. The molecule has 0 unspecified atom stereocenters. The molecule has 0 saturated heterocycles. The lowest BCUT2D eigenvalue weighted by atomic mass is 9.88. The smallest absolute Gasteiger partial charge is 0.188 e. The lowest BCUT2D eigenvalue weighted by Crippen LogP contribution is -2.13. The van der Waals surface area contributed by atoms with Crippen LogP contribution in [0, 0.1) is 0 Å². The van der Waals surface area contributed by atoms with Crippen LogP contribution in [-0.2, 0) is 4.79 Å². The predicted octanol–water partition coefficient (Wildman–Crippen LogP) is 2.29. The van der Waals surface area contributed by atoms with Gasteiger partial charge in [0.05, 0.1) is 0 Å². The number of rotatable bonds is 0. The maximum Gasteiger partial charge on any atom is 0.188 e. The van der Waals surface area contributed by atoms with Crippen LogP contribution >= 0.6 is 0 Å². The van der Waals surface area contributed by atoms with Gasteiger partial charge in [-0.05, 0) is 26.3 Å². The van der Waals surface area contributed by atoms with Crippen LogP contribution in [0.25, 0.3) is 0 Å². The van der Waals surface area contributed by atoms with Crippen LogP contribution in [0.2, 0.25) is 0 Å². The number of aliphatic hydroxyl groups is 1. The molecule has 64 valence electrons. The molecule has 0 bridgehead atoms. The van der Waals surface area contributed by atoms with Gasteiger partial charge in [-0.25, -0.2) is 0 Å². The summed E-state index contributed by atoms with van der Waals surface area (Å²) in [7, 11) is 0. The van der Waals surface area contributed by atoms with Gasteiger partial charge in [0.1, 0.15) is 5.76 Å². The maximum atomic E-state index is 11.4. The summed E-state index contributed by atoms with van der Waals surface area (Å²) >= 11 is 0. The monoisotopic (exact) mass is 164 g/mol. The van der Waals surface area contributed by atoms with Gasteiger partial charge in [-0.15, -0.1) is 0 Å². The third kappa shape index (κ3) is 0.998. The van der Waals surface area contributed by atoms with Gasteiger partial charge in [0.15, 0.2) is 5.78 Å². The van der Waals surface area contributed by atoms with Gasteiger partial charge in [-0.1, -0.05) is 6.58 Å². The minimum atomic E-state index is -0.0669. The van der Waals surface area contributed by atoms with E-state index >= 15 is 0 Å². The van der Waals surface area contributed by atoms with Crippen molar-refractivity contribution in [3.63, 3.8) is 0 Å². The van der Waals surface area contributed by atoms with E-state index in [1.807, 2.05) is 0 Å². The topological polar surface area (TPSA) is 37.3 Å². The predicted molar refractivity (Wildman–Crippen MR) is 47.8 cm³/mol. The molecule has 0 fully saturated rings. The molecule has 0 radical (unpaired) electrons. The van der Waals surface area contributed by atoms with Crippen molar-refractivity contribution < 1.29 is 9.90 Å². The number of ketones is 1. The summed E-state index contributed by atoms with van der Waals surface area (Å²) in [6.45, 7) is 8.74. The Morgan fingerprint density at radius 1 is 1.08 bits per heavy atom. The Bertz CT molecular complexity index is 281. The first kappa shape index (κ1) is 8.78. The molecule has 0 saturated carbocycles. The molecule has 0 amide bonds. The van der Waals surface area contributed by atoms with Crippen LogP contribution in [0.4, 0.5) is 0 Å². The van der Waals surface area contributed by atoms with Gasteiger partial charge in [0.2, 0.25) is 0 Å². The van der Waals surface area contributed by atoms with Crippen molar-refractivity contribution in [3.05, 3.63) is 34.6 Å². The van der Waals surface area contributed by atoms with Crippen LogP contribution in [0.15, 0.2) is 34.6 Å². The third-order valence-corrected chi connectivity index (χ3v) is 2.34. The van der Waals surface area contributed by atoms with Crippen molar-refractivity contribution >= 4 is 5.78 Å². The lowest BCUT2D eigenvalue weighted by molar-refractivity contribution is -0.112. The fraction of sp³-hybridized carbons (Fsp3) is 0.300. The van der Waals surface area contributed by atoms with Crippen molar-refractivity contribution in [1.29, 1.82) is 0 Å². The largest absolute Gasteiger partial charge is 0.507 e. The van der Waals surface area contributed by atoms with Crippen molar-refractivity contribution in [2.75, 3.05) is 0 Å². The molecule has 0 atom stereocenters. The summed E-state index contributed by atoms with van der Waals surface area (Å²) in [6, 6.07) is 0. The minimum absolute atomic E-state index is 0.0669. The average Bonchev–Trinajstić information content (AvgIpc) is 2.08. The average molecular weight is 164 g/mol. The van der Waals surface area contributed by atoms with Gasteiger partial charge in [-0.2, -0.15) is 0 Å². The second-order valence-electron chi connectivity index (χ2n) is 3.03. The molecule has 0 aromatic rings. The first-order valence-electron chi connectivity index (χ1n) is 3.78. The van der Waals surface area contributed by atoms with E-state index in [2.05, 4.69) is 6.58 Å². The van der Waals surface area contributed by atoms with Crippen LogP contribution < -0.4 is 0 Å². The summed E-state index contributed by atoms with van der Waals surface area (Å²) in [5.74, 6) is 0.125. The van der Waals surface area contributed by atoms with Gasteiger partial charge in [0.25, 0.3) is 0 Å². The summed E-state index contributed by atoms with van der Waals surface area (Å²) in [6.07, 6.45) is 0. The zero-order valence-electron chi connectivity index (χ0n) is 7.56. The summed E-state index contributed by atoms with van der Waals surface area (Å²) in [5, 5.41) is 9.51. The molecule has 0 aromatic heterocycles. The summed E-state index contributed by atoms with van der Waals surface area (Å²) < 4.78 is 0. The lowest BCUT2D eigenvalue weighted by Gasteiger charge is -2.17. The molecule has 0 spiro atoms. The molecule has 2 nitrogen and oxygen atoms in total. The van der Waals surface area contributed by atoms with E-state index in [4.69, 9.17) is 0 Å². The molecule has 12 heavy (non-hydrogen) atoms. The number of hydrogen-bond acceptors (Lipinski definition) is 2. The van der Waals surface area contributed by atoms with Gasteiger partial charge < -0.3 is 5.11 Å². The maximum absolute atomic E-state index is 11.4. The Balaban J connectivity index is 3.37. The Kier molecular flexibility index (Phi) is 1.92. The first-order valence-corrected chi connectivity index (χ1v) is 3.78. The standard InChI is InChI=1S/C10H12O2/c1-5-6(2)10(12)8(4)7(3)9(5)11/h12H,1H2,2-4H3. The van der Waals surface area contributed by atoms with Crippen molar-refractivity contribution in [3.8, 4) is 0 Å². The van der Waals surface area contributed by atoms with Crippen LogP contribution in [-0.4, -0.2) is 10.9 Å². The molecule has 1 N–H and O–H groups in total. The van der Waals surface area contributed by atoms with E-state index in [9.17, 15) is 9.90 Å². The molecule has 0 aromatic carbocycles. The Morgan fingerprint density at radius 2 is 1.58 bits per heavy atom. The van der Waals surface area contributed by atoms with Crippen molar-refractivity contribution in [1.82, 2.24) is 0 Å². The zero-order valence-corrected chi connectivity index (χ0v) is 7.56. The SMILES string of the molecule is C=C1C(=O)C(C)=C(C)C(O)=C1C. The van der Waals surface area contributed by atoms with Crippen LogP contribution in [0.1, 0.15) is 20.8 Å².